The van der Waals surface area contributed by atoms with E-state index < -0.39 is 0 Å². The molecule has 140 valence electrons. The number of aryl methyl sites for hydroxylation is 1. The summed E-state index contributed by atoms with van der Waals surface area (Å²) in [4.78, 5) is 40.2. The van der Waals surface area contributed by atoms with E-state index in [1.807, 2.05) is 19.1 Å². The number of rotatable bonds is 3. The van der Waals surface area contributed by atoms with E-state index in [0.717, 1.165) is 11.3 Å². The molecule has 2 aliphatic heterocycles. The standard InChI is InChI=1S/C19H23ClN2O4/c1-12-3-4-15(10-16(12)20)22-11-14(9-17(22)23)18(24)21-7-5-13(6-8-21)19(25)26-2/h3-4,10,13-14H,5-9,11H2,1-2H3/t14-/m1/s1. The third kappa shape index (κ3) is 3.70. The maximum atomic E-state index is 12.8. The summed E-state index contributed by atoms with van der Waals surface area (Å²) < 4.78 is 4.78. The van der Waals surface area contributed by atoms with Gasteiger partial charge in [-0.05, 0) is 37.5 Å². The lowest BCUT2D eigenvalue weighted by Gasteiger charge is -2.32. The largest absolute Gasteiger partial charge is 0.469 e. The van der Waals surface area contributed by atoms with E-state index in [2.05, 4.69) is 0 Å². The van der Waals surface area contributed by atoms with Crippen LogP contribution < -0.4 is 4.90 Å². The molecule has 0 unspecified atom stereocenters. The summed E-state index contributed by atoms with van der Waals surface area (Å²) in [5.41, 5.74) is 1.67. The second-order valence-electron chi connectivity index (χ2n) is 6.96. The van der Waals surface area contributed by atoms with Crippen molar-refractivity contribution in [2.24, 2.45) is 11.8 Å². The minimum Gasteiger partial charge on any atom is -0.469 e. The van der Waals surface area contributed by atoms with Crippen LogP contribution in [0.2, 0.25) is 5.02 Å². The molecule has 0 saturated carbocycles. The highest BCUT2D eigenvalue weighted by atomic mass is 35.5. The summed E-state index contributed by atoms with van der Waals surface area (Å²) in [5.74, 6) is -0.775. The number of likely N-dealkylation sites (tertiary alicyclic amines) is 1. The Balaban J connectivity index is 1.62. The molecule has 6 nitrogen and oxygen atoms in total. The molecule has 2 amide bonds. The Morgan fingerprint density at radius 1 is 1.19 bits per heavy atom. The van der Waals surface area contributed by atoms with E-state index in [9.17, 15) is 14.4 Å². The number of hydrogen-bond donors (Lipinski definition) is 0. The van der Waals surface area contributed by atoms with Crippen molar-refractivity contribution in [3.63, 3.8) is 0 Å². The highest BCUT2D eigenvalue weighted by molar-refractivity contribution is 6.31. The van der Waals surface area contributed by atoms with Gasteiger partial charge in [0.25, 0.3) is 0 Å². The van der Waals surface area contributed by atoms with Crippen LogP contribution in [-0.2, 0) is 19.1 Å². The second kappa shape index (κ2) is 7.66. The molecule has 0 aliphatic carbocycles. The Morgan fingerprint density at radius 3 is 2.50 bits per heavy atom. The molecule has 0 N–H and O–H groups in total. The number of anilines is 1. The van der Waals surface area contributed by atoms with Gasteiger partial charge < -0.3 is 14.5 Å². The number of carbonyl (C=O) groups excluding carboxylic acids is 3. The third-order valence-corrected chi connectivity index (χ3v) is 5.69. The van der Waals surface area contributed by atoms with E-state index in [1.54, 1.807) is 15.9 Å². The second-order valence-corrected chi connectivity index (χ2v) is 7.37. The molecule has 3 rings (SSSR count). The fraction of sp³-hybridized carbons (Fsp3) is 0.526. The first-order valence-electron chi connectivity index (χ1n) is 8.84. The van der Waals surface area contributed by atoms with Crippen molar-refractivity contribution < 1.29 is 19.1 Å². The number of amides is 2. The topological polar surface area (TPSA) is 66.9 Å². The predicted molar refractivity (Wildman–Crippen MR) is 98.0 cm³/mol. The number of halogens is 1. The zero-order valence-electron chi connectivity index (χ0n) is 15.0. The van der Waals surface area contributed by atoms with E-state index >= 15 is 0 Å². The average Bonchev–Trinajstić information content (AvgIpc) is 3.04. The van der Waals surface area contributed by atoms with Crippen LogP contribution in [-0.4, -0.2) is 49.4 Å². The summed E-state index contributed by atoms with van der Waals surface area (Å²) in [6, 6.07) is 5.50. The SMILES string of the molecule is COC(=O)C1CCN(C(=O)[C@@H]2CC(=O)N(c3ccc(C)c(Cl)c3)C2)CC1. The Kier molecular flexibility index (Phi) is 5.51. The number of nitrogens with zero attached hydrogens (tertiary/aromatic N) is 2. The molecule has 7 heteroatoms. The van der Waals surface area contributed by atoms with Gasteiger partial charge in [0.15, 0.2) is 0 Å². The molecular weight excluding hydrogens is 356 g/mol. The van der Waals surface area contributed by atoms with Crippen molar-refractivity contribution in [2.45, 2.75) is 26.2 Å². The quantitative estimate of drug-likeness (QED) is 0.757. The van der Waals surface area contributed by atoms with E-state index in [0.29, 0.717) is 37.5 Å². The smallest absolute Gasteiger partial charge is 0.308 e. The van der Waals surface area contributed by atoms with Crippen LogP contribution in [0.4, 0.5) is 5.69 Å². The molecule has 1 aromatic rings. The number of hydrogen-bond acceptors (Lipinski definition) is 4. The predicted octanol–water partition coefficient (Wildman–Crippen LogP) is 2.41. The number of ether oxygens (including phenoxy) is 1. The molecule has 0 aromatic heterocycles. The number of benzene rings is 1. The summed E-state index contributed by atoms with van der Waals surface area (Å²) in [6.45, 7) is 3.33. The van der Waals surface area contributed by atoms with Gasteiger partial charge >= 0.3 is 5.97 Å². The first-order valence-corrected chi connectivity index (χ1v) is 9.21. The number of esters is 1. The number of methoxy groups -OCH3 is 1. The minimum atomic E-state index is -0.350. The van der Waals surface area contributed by atoms with Crippen molar-refractivity contribution in [2.75, 3.05) is 31.6 Å². The first-order chi connectivity index (χ1) is 12.4. The number of carbonyl (C=O) groups is 3. The van der Waals surface area contributed by atoms with Gasteiger partial charge in [-0.15, -0.1) is 0 Å². The Bertz CT molecular complexity index is 728. The monoisotopic (exact) mass is 378 g/mol. The van der Waals surface area contributed by atoms with Gasteiger partial charge in [-0.2, -0.15) is 0 Å². The van der Waals surface area contributed by atoms with Crippen LogP contribution in [0.5, 0.6) is 0 Å². The van der Waals surface area contributed by atoms with Crippen LogP contribution in [0.15, 0.2) is 18.2 Å². The van der Waals surface area contributed by atoms with Gasteiger partial charge in [-0.3, -0.25) is 14.4 Å². The van der Waals surface area contributed by atoms with Crippen molar-refractivity contribution >= 4 is 35.1 Å². The highest BCUT2D eigenvalue weighted by Crippen LogP contribution is 2.30. The van der Waals surface area contributed by atoms with Crippen LogP contribution in [0.3, 0.4) is 0 Å². The molecule has 0 spiro atoms. The average molecular weight is 379 g/mol. The molecule has 2 aliphatic rings. The lowest BCUT2D eigenvalue weighted by molar-refractivity contribution is -0.149. The normalized spacial score (nSPS) is 21.2. The first kappa shape index (κ1) is 18.7. The van der Waals surface area contributed by atoms with Crippen LogP contribution >= 0.6 is 11.6 Å². The summed E-state index contributed by atoms with van der Waals surface area (Å²) >= 11 is 6.16. The zero-order valence-corrected chi connectivity index (χ0v) is 15.8. The van der Waals surface area contributed by atoms with Crippen molar-refractivity contribution in [1.82, 2.24) is 4.90 Å². The molecule has 2 saturated heterocycles. The summed E-state index contributed by atoms with van der Waals surface area (Å²) in [5, 5.41) is 0.606. The molecule has 2 heterocycles. The van der Waals surface area contributed by atoms with Crippen molar-refractivity contribution in [3.8, 4) is 0 Å². The minimum absolute atomic E-state index is 0.0117. The van der Waals surface area contributed by atoms with Gasteiger partial charge in [0.1, 0.15) is 0 Å². The van der Waals surface area contributed by atoms with Crippen molar-refractivity contribution in [1.29, 1.82) is 0 Å². The van der Waals surface area contributed by atoms with Gasteiger partial charge in [0.2, 0.25) is 11.8 Å². The maximum absolute atomic E-state index is 12.8. The number of piperidine rings is 1. The van der Waals surface area contributed by atoms with Crippen molar-refractivity contribution in [3.05, 3.63) is 28.8 Å². The molecule has 0 bridgehead atoms. The summed E-state index contributed by atoms with van der Waals surface area (Å²) in [6.07, 6.45) is 1.42. The molecule has 2 fully saturated rings. The van der Waals surface area contributed by atoms with Gasteiger partial charge in [-0.1, -0.05) is 17.7 Å². The summed E-state index contributed by atoms with van der Waals surface area (Å²) in [7, 11) is 1.38. The van der Waals surface area contributed by atoms with Crippen LogP contribution in [0, 0.1) is 18.8 Å². The Morgan fingerprint density at radius 2 is 1.88 bits per heavy atom. The molecule has 1 atom stereocenters. The molecule has 26 heavy (non-hydrogen) atoms. The Hall–Kier alpha value is -2.08. The lowest BCUT2D eigenvalue weighted by Crippen LogP contribution is -2.43. The van der Waals surface area contributed by atoms with Gasteiger partial charge in [-0.25, -0.2) is 0 Å². The van der Waals surface area contributed by atoms with E-state index in [4.69, 9.17) is 16.3 Å². The lowest BCUT2D eigenvalue weighted by atomic mass is 9.95. The van der Waals surface area contributed by atoms with Gasteiger partial charge in [0, 0.05) is 36.8 Å². The van der Waals surface area contributed by atoms with E-state index in [1.165, 1.54) is 7.11 Å². The fourth-order valence-corrected chi connectivity index (χ4v) is 3.81. The zero-order chi connectivity index (χ0) is 18.8. The Labute approximate surface area is 158 Å². The maximum Gasteiger partial charge on any atom is 0.308 e. The molecular formula is C19H23ClN2O4. The van der Waals surface area contributed by atoms with Gasteiger partial charge in [0.05, 0.1) is 18.9 Å². The van der Waals surface area contributed by atoms with Crippen LogP contribution in [0.25, 0.3) is 0 Å². The van der Waals surface area contributed by atoms with E-state index in [-0.39, 0.29) is 36.0 Å². The van der Waals surface area contributed by atoms with Crippen LogP contribution in [0.1, 0.15) is 24.8 Å². The molecule has 1 aromatic carbocycles. The third-order valence-electron chi connectivity index (χ3n) is 5.28. The fourth-order valence-electron chi connectivity index (χ4n) is 3.63. The molecule has 0 radical (unpaired) electrons. The highest BCUT2D eigenvalue weighted by Gasteiger charge is 2.38.